The fourth-order valence-corrected chi connectivity index (χ4v) is 3.19. The van der Waals surface area contributed by atoms with Crippen molar-refractivity contribution in [2.45, 2.75) is 6.54 Å². The third-order valence-corrected chi connectivity index (χ3v) is 4.65. The number of hydrogen-bond acceptors (Lipinski definition) is 5. The van der Waals surface area contributed by atoms with Gasteiger partial charge in [0.2, 0.25) is 0 Å². The van der Waals surface area contributed by atoms with Crippen molar-refractivity contribution in [1.82, 2.24) is 10.3 Å². The van der Waals surface area contributed by atoms with Crippen LogP contribution in [0.15, 0.2) is 40.5 Å². The smallest absolute Gasteiger partial charge is 0.265 e. The number of benzene rings is 1. The van der Waals surface area contributed by atoms with Crippen molar-refractivity contribution >= 4 is 33.1 Å². The van der Waals surface area contributed by atoms with Crippen molar-refractivity contribution in [3.63, 3.8) is 0 Å². The quantitative estimate of drug-likeness (QED) is 0.678. The van der Waals surface area contributed by atoms with Gasteiger partial charge in [-0.05, 0) is 29.1 Å². The van der Waals surface area contributed by atoms with E-state index in [2.05, 4.69) is 10.3 Å². The van der Waals surface area contributed by atoms with Gasteiger partial charge in [-0.3, -0.25) is 9.59 Å². The number of thiophene rings is 1. The first-order chi connectivity index (χ1) is 11.5. The first kappa shape index (κ1) is 16.1. The number of fused-ring (bicyclic) bond motifs is 1. The zero-order valence-corrected chi connectivity index (χ0v) is 14.1. The van der Waals surface area contributed by atoms with E-state index in [0.29, 0.717) is 10.2 Å². The minimum absolute atomic E-state index is 0.255. The minimum Gasteiger partial charge on any atom is -0.505 e. The average Bonchev–Trinajstić information content (AvgIpc) is 3.01. The lowest BCUT2D eigenvalue weighted by Gasteiger charge is -2.13. The number of H-pyrrole nitrogens is 1. The molecule has 0 fully saturated rings. The van der Waals surface area contributed by atoms with E-state index < -0.39 is 11.5 Å². The van der Waals surface area contributed by atoms with Gasteiger partial charge >= 0.3 is 0 Å². The summed E-state index contributed by atoms with van der Waals surface area (Å²) in [5.41, 5.74) is 1.64. The number of pyridine rings is 1. The number of hydrogen-bond donors (Lipinski definition) is 3. The molecule has 0 aliphatic carbocycles. The van der Waals surface area contributed by atoms with Crippen molar-refractivity contribution in [1.29, 1.82) is 0 Å². The van der Waals surface area contributed by atoms with Gasteiger partial charge in [0, 0.05) is 26.3 Å². The van der Waals surface area contributed by atoms with E-state index in [0.717, 1.165) is 11.3 Å². The summed E-state index contributed by atoms with van der Waals surface area (Å²) in [4.78, 5) is 28.9. The lowest BCUT2D eigenvalue weighted by Crippen LogP contribution is -2.29. The second-order valence-corrected chi connectivity index (χ2v) is 6.50. The molecule has 0 saturated carbocycles. The maximum Gasteiger partial charge on any atom is 0.265 e. The molecule has 3 rings (SSSR count). The highest BCUT2D eigenvalue weighted by Crippen LogP contribution is 2.29. The molecule has 2 heterocycles. The number of carbonyl (C=O) groups is 1. The lowest BCUT2D eigenvalue weighted by atomic mass is 10.2. The largest absolute Gasteiger partial charge is 0.505 e. The summed E-state index contributed by atoms with van der Waals surface area (Å²) >= 11 is 1.27. The highest BCUT2D eigenvalue weighted by Gasteiger charge is 2.19. The molecular weight excluding hydrogens is 326 g/mol. The van der Waals surface area contributed by atoms with Gasteiger partial charge in [-0.1, -0.05) is 12.1 Å². The maximum absolute atomic E-state index is 12.3. The molecule has 3 N–H and O–H groups in total. The molecule has 0 radical (unpaired) electrons. The van der Waals surface area contributed by atoms with E-state index in [-0.39, 0.29) is 17.9 Å². The van der Waals surface area contributed by atoms with Crippen LogP contribution in [-0.2, 0) is 6.54 Å². The van der Waals surface area contributed by atoms with Crippen LogP contribution in [0.25, 0.3) is 10.2 Å². The summed E-state index contributed by atoms with van der Waals surface area (Å²) in [6.07, 6.45) is 0. The standard InChI is InChI=1S/C17H17N3O3S/c1-20(2)11-5-3-10(4-6-11)9-18-16(22)13-14(21)15-12(7-8-24-15)19-17(13)23/h3-8H,9H2,1-2H3,(H,18,22)(H2,19,21,23). The Morgan fingerprint density at radius 3 is 2.62 bits per heavy atom. The Kier molecular flexibility index (Phi) is 4.26. The SMILES string of the molecule is CN(C)c1ccc(CNC(=O)c2c(O)c3sccc3[nH]c2=O)cc1. The normalized spacial score (nSPS) is 10.8. The number of aromatic amines is 1. The van der Waals surface area contributed by atoms with E-state index in [1.165, 1.54) is 11.3 Å². The van der Waals surface area contributed by atoms with Gasteiger partial charge in [0.05, 0.1) is 10.2 Å². The first-order valence-electron chi connectivity index (χ1n) is 7.34. The molecule has 0 aliphatic rings. The Morgan fingerprint density at radius 2 is 1.96 bits per heavy atom. The highest BCUT2D eigenvalue weighted by molar-refractivity contribution is 7.17. The van der Waals surface area contributed by atoms with E-state index in [1.54, 1.807) is 11.4 Å². The van der Waals surface area contributed by atoms with Gasteiger partial charge in [0.15, 0.2) is 5.75 Å². The lowest BCUT2D eigenvalue weighted by molar-refractivity contribution is 0.0947. The van der Waals surface area contributed by atoms with Crippen LogP contribution in [0.2, 0.25) is 0 Å². The van der Waals surface area contributed by atoms with Crippen molar-refractivity contribution in [2.75, 3.05) is 19.0 Å². The third-order valence-electron chi connectivity index (χ3n) is 3.73. The summed E-state index contributed by atoms with van der Waals surface area (Å²) in [5.74, 6) is -0.870. The van der Waals surface area contributed by atoms with Crippen LogP contribution >= 0.6 is 11.3 Å². The van der Waals surface area contributed by atoms with E-state index >= 15 is 0 Å². The van der Waals surface area contributed by atoms with Crippen LogP contribution in [0.3, 0.4) is 0 Å². The summed E-state index contributed by atoms with van der Waals surface area (Å²) in [6.45, 7) is 0.272. The Bertz CT molecular complexity index is 942. The zero-order valence-electron chi connectivity index (χ0n) is 13.3. The Hall–Kier alpha value is -2.80. The maximum atomic E-state index is 12.3. The second kappa shape index (κ2) is 6.37. The Balaban J connectivity index is 1.79. The van der Waals surface area contributed by atoms with Crippen LogP contribution < -0.4 is 15.8 Å². The van der Waals surface area contributed by atoms with Gasteiger partial charge in [0.25, 0.3) is 11.5 Å². The monoisotopic (exact) mass is 343 g/mol. The molecule has 1 amide bonds. The molecule has 7 heteroatoms. The zero-order chi connectivity index (χ0) is 17.3. The van der Waals surface area contributed by atoms with Crippen molar-refractivity contribution in [2.24, 2.45) is 0 Å². The summed E-state index contributed by atoms with van der Waals surface area (Å²) in [5, 5.41) is 14.6. The number of nitrogens with one attached hydrogen (secondary N) is 2. The number of rotatable bonds is 4. The predicted octanol–water partition coefficient (Wildman–Crippen LogP) is 2.29. The molecule has 6 nitrogen and oxygen atoms in total. The fraction of sp³-hybridized carbons (Fsp3) is 0.176. The molecule has 24 heavy (non-hydrogen) atoms. The molecule has 0 aliphatic heterocycles. The number of aromatic nitrogens is 1. The van der Waals surface area contributed by atoms with Gasteiger partial charge in [0.1, 0.15) is 5.56 Å². The van der Waals surface area contributed by atoms with Gasteiger partial charge in [-0.15, -0.1) is 11.3 Å². The second-order valence-electron chi connectivity index (χ2n) is 5.58. The molecule has 124 valence electrons. The first-order valence-corrected chi connectivity index (χ1v) is 8.22. The molecule has 2 aromatic heterocycles. The predicted molar refractivity (Wildman–Crippen MR) is 96.0 cm³/mol. The topological polar surface area (TPSA) is 85.4 Å². The molecule has 0 bridgehead atoms. The van der Waals surface area contributed by atoms with E-state index in [1.807, 2.05) is 43.3 Å². The highest BCUT2D eigenvalue weighted by atomic mass is 32.1. The number of aromatic hydroxyl groups is 1. The van der Waals surface area contributed by atoms with Crippen LogP contribution in [0.1, 0.15) is 15.9 Å². The number of carbonyl (C=O) groups excluding carboxylic acids is 1. The Labute approximate surface area is 142 Å². The van der Waals surface area contributed by atoms with Crippen molar-refractivity contribution in [3.05, 3.63) is 57.2 Å². The molecule has 1 aromatic carbocycles. The molecule has 0 spiro atoms. The number of anilines is 1. The van der Waals surface area contributed by atoms with Crippen molar-refractivity contribution < 1.29 is 9.90 Å². The van der Waals surface area contributed by atoms with Crippen LogP contribution in [0.4, 0.5) is 5.69 Å². The summed E-state index contributed by atoms with van der Waals surface area (Å²) < 4.78 is 0.495. The molecule has 0 unspecified atom stereocenters. The summed E-state index contributed by atoms with van der Waals surface area (Å²) in [7, 11) is 3.90. The van der Waals surface area contributed by atoms with E-state index in [9.17, 15) is 14.7 Å². The number of amides is 1. The molecule has 0 atom stereocenters. The molecule has 0 saturated heterocycles. The average molecular weight is 343 g/mol. The van der Waals surface area contributed by atoms with Crippen LogP contribution in [-0.4, -0.2) is 30.1 Å². The summed E-state index contributed by atoms with van der Waals surface area (Å²) in [6, 6.07) is 9.40. The number of nitrogens with zero attached hydrogens (tertiary/aromatic N) is 1. The van der Waals surface area contributed by atoms with Gasteiger partial charge in [-0.2, -0.15) is 0 Å². The van der Waals surface area contributed by atoms with Crippen LogP contribution in [0.5, 0.6) is 5.75 Å². The third kappa shape index (κ3) is 2.98. The van der Waals surface area contributed by atoms with E-state index in [4.69, 9.17) is 0 Å². The molecule has 3 aromatic rings. The minimum atomic E-state index is -0.598. The van der Waals surface area contributed by atoms with Gasteiger partial charge in [-0.25, -0.2) is 0 Å². The van der Waals surface area contributed by atoms with Crippen LogP contribution in [0, 0.1) is 0 Å². The fourth-order valence-electron chi connectivity index (χ4n) is 2.39. The van der Waals surface area contributed by atoms with Gasteiger partial charge < -0.3 is 20.3 Å². The molecular formula is C17H17N3O3S. The van der Waals surface area contributed by atoms with Crippen molar-refractivity contribution in [3.8, 4) is 5.75 Å². The Morgan fingerprint density at radius 1 is 1.25 bits per heavy atom.